The Morgan fingerprint density at radius 3 is 2.54 bits per heavy atom. The van der Waals surface area contributed by atoms with Crippen LogP contribution < -0.4 is 27.3 Å². The maximum absolute atomic E-state index is 14.8. The highest BCUT2D eigenvalue weighted by atomic mass is 19.1. The zero-order valence-corrected chi connectivity index (χ0v) is 13.5. The van der Waals surface area contributed by atoms with Crippen molar-refractivity contribution in [2.24, 2.45) is 0 Å². The summed E-state index contributed by atoms with van der Waals surface area (Å²) in [7, 11) is 0. The molecular formula is C16H20FN5O2. The molecule has 0 bridgehead atoms. The normalized spacial score (nSPS) is 18.3. The van der Waals surface area contributed by atoms with Crippen LogP contribution in [0.2, 0.25) is 0 Å². The van der Waals surface area contributed by atoms with Gasteiger partial charge in [-0.05, 0) is 25.8 Å². The zero-order valence-electron chi connectivity index (χ0n) is 13.5. The third kappa shape index (κ3) is 2.13. The van der Waals surface area contributed by atoms with Crippen LogP contribution >= 0.6 is 0 Å². The molecule has 3 N–H and O–H groups in total. The molecule has 24 heavy (non-hydrogen) atoms. The van der Waals surface area contributed by atoms with Gasteiger partial charge in [-0.15, -0.1) is 0 Å². The average Bonchev–Trinajstić information content (AvgIpc) is 3.40. The first-order chi connectivity index (χ1) is 11.5. The summed E-state index contributed by atoms with van der Waals surface area (Å²) in [5.41, 5.74) is 0.446. The summed E-state index contributed by atoms with van der Waals surface area (Å²) in [4.78, 5) is 26.8. The topological polar surface area (TPSA) is 85.3 Å². The summed E-state index contributed by atoms with van der Waals surface area (Å²) in [6, 6.07) is 1.26. The number of benzene rings is 1. The molecule has 1 aromatic heterocycles. The molecule has 2 heterocycles. The maximum Gasteiger partial charge on any atom is 0.350 e. The Morgan fingerprint density at radius 2 is 1.92 bits per heavy atom. The van der Waals surface area contributed by atoms with Gasteiger partial charge >= 0.3 is 5.69 Å². The van der Waals surface area contributed by atoms with Crippen molar-refractivity contribution in [2.45, 2.75) is 25.8 Å². The fourth-order valence-electron chi connectivity index (χ4n) is 3.61. The molecule has 0 spiro atoms. The highest BCUT2D eigenvalue weighted by Crippen LogP contribution is 2.38. The molecule has 0 radical (unpaired) electrons. The van der Waals surface area contributed by atoms with Crippen LogP contribution in [0, 0.1) is 12.7 Å². The molecule has 7 nitrogen and oxygen atoms in total. The van der Waals surface area contributed by atoms with Gasteiger partial charge < -0.3 is 16.1 Å². The lowest BCUT2D eigenvalue weighted by molar-refractivity contribution is 0.564. The van der Waals surface area contributed by atoms with E-state index in [1.54, 1.807) is 11.5 Å². The summed E-state index contributed by atoms with van der Waals surface area (Å²) in [6.07, 6.45) is 1.74. The molecule has 2 fully saturated rings. The van der Waals surface area contributed by atoms with Crippen LogP contribution in [0.15, 0.2) is 15.7 Å². The number of halogens is 1. The van der Waals surface area contributed by atoms with Crippen LogP contribution in [0.25, 0.3) is 10.9 Å². The quantitative estimate of drug-likeness (QED) is 0.760. The van der Waals surface area contributed by atoms with Gasteiger partial charge in [-0.25, -0.2) is 9.18 Å². The number of rotatable bonds is 2. The molecule has 1 saturated heterocycles. The summed E-state index contributed by atoms with van der Waals surface area (Å²) in [5, 5.41) is 3.40. The zero-order chi connectivity index (χ0) is 17.0. The van der Waals surface area contributed by atoms with Crippen molar-refractivity contribution in [3.05, 3.63) is 38.3 Å². The molecule has 1 aliphatic carbocycles. The number of nitrogens with zero attached hydrogens (tertiary/aromatic N) is 3. The number of piperazine rings is 1. The van der Waals surface area contributed by atoms with E-state index >= 15 is 0 Å². The highest BCUT2D eigenvalue weighted by Gasteiger charge is 2.30. The van der Waals surface area contributed by atoms with Crippen molar-refractivity contribution in [1.29, 1.82) is 0 Å². The Hall–Kier alpha value is -2.35. The van der Waals surface area contributed by atoms with E-state index in [2.05, 4.69) is 5.32 Å². The standard InChI is InChI=1S/C16H20FN5O2/c1-9-13-11(8-12(17)14(9)20-6-4-19-5-7-20)15(23)22(18)16(24)21(13)10-2-3-10/h8,10,19H,2-7,18H2,1H3. The van der Waals surface area contributed by atoms with Gasteiger partial charge in [0.15, 0.2) is 0 Å². The Kier molecular flexibility index (Phi) is 3.38. The van der Waals surface area contributed by atoms with E-state index < -0.39 is 17.1 Å². The monoisotopic (exact) mass is 333 g/mol. The maximum atomic E-state index is 14.8. The number of anilines is 1. The van der Waals surface area contributed by atoms with Gasteiger partial charge in [-0.2, -0.15) is 4.68 Å². The minimum Gasteiger partial charge on any atom is -0.366 e. The molecule has 0 unspecified atom stereocenters. The summed E-state index contributed by atoms with van der Waals surface area (Å²) in [6.45, 7) is 4.70. The minimum atomic E-state index is -0.652. The van der Waals surface area contributed by atoms with Crippen LogP contribution in [0.5, 0.6) is 0 Å². The van der Waals surface area contributed by atoms with E-state index in [0.29, 0.717) is 34.5 Å². The lowest BCUT2D eigenvalue weighted by Crippen LogP contribution is -2.46. The molecule has 0 amide bonds. The fraction of sp³-hybridized carbons (Fsp3) is 0.500. The van der Waals surface area contributed by atoms with Crippen LogP contribution in [-0.2, 0) is 0 Å². The van der Waals surface area contributed by atoms with Gasteiger partial charge in [-0.3, -0.25) is 9.36 Å². The lowest BCUT2D eigenvalue weighted by atomic mass is 10.1. The third-order valence-corrected chi connectivity index (χ3v) is 4.91. The summed E-state index contributed by atoms with van der Waals surface area (Å²) in [5.74, 6) is 5.18. The van der Waals surface area contributed by atoms with Crippen molar-refractivity contribution in [3.8, 4) is 0 Å². The van der Waals surface area contributed by atoms with E-state index in [9.17, 15) is 14.0 Å². The second kappa shape index (κ2) is 5.34. The molecule has 4 rings (SSSR count). The summed E-state index contributed by atoms with van der Waals surface area (Å²) >= 11 is 0. The van der Waals surface area contributed by atoms with Crippen molar-refractivity contribution in [2.75, 3.05) is 36.9 Å². The number of nitrogens with one attached hydrogen (secondary N) is 1. The third-order valence-electron chi connectivity index (χ3n) is 4.91. The number of fused-ring (bicyclic) bond motifs is 1. The van der Waals surface area contributed by atoms with Crippen molar-refractivity contribution in [3.63, 3.8) is 0 Å². The molecule has 128 valence electrons. The van der Waals surface area contributed by atoms with Gasteiger partial charge in [-0.1, -0.05) is 0 Å². The average molecular weight is 333 g/mol. The van der Waals surface area contributed by atoms with E-state index in [1.807, 2.05) is 4.90 Å². The van der Waals surface area contributed by atoms with Crippen LogP contribution in [-0.4, -0.2) is 35.4 Å². The fourth-order valence-corrected chi connectivity index (χ4v) is 3.61. The molecule has 1 saturated carbocycles. The van der Waals surface area contributed by atoms with E-state index in [1.165, 1.54) is 6.07 Å². The number of hydrogen-bond donors (Lipinski definition) is 2. The van der Waals surface area contributed by atoms with Gasteiger partial charge in [0.1, 0.15) is 5.82 Å². The van der Waals surface area contributed by atoms with Crippen molar-refractivity contribution < 1.29 is 4.39 Å². The van der Waals surface area contributed by atoms with E-state index in [4.69, 9.17) is 5.84 Å². The SMILES string of the molecule is Cc1c(N2CCNCC2)c(F)cc2c(=O)n(N)c(=O)n(C3CC3)c12. The van der Waals surface area contributed by atoms with Crippen LogP contribution in [0.1, 0.15) is 24.4 Å². The van der Waals surface area contributed by atoms with Crippen LogP contribution in [0.3, 0.4) is 0 Å². The first kappa shape index (κ1) is 15.2. The molecule has 1 aliphatic heterocycles. The Bertz CT molecular complexity index is 938. The number of nitrogens with two attached hydrogens (primary N) is 1. The second-order valence-corrected chi connectivity index (χ2v) is 6.52. The minimum absolute atomic E-state index is 0.0374. The van der Waals surface area contributed by atoms with Gasteiger partial charge in [0.25, 0.3) is 5.56 Å². The number of hydrogen-bond acceptors (Lipinski definition) is 5. The molecule has 1 aromatic carbocycles. The number of aryl methyl sites for hydroxylation is 1. The Labute approximate surface area is 137 Å². The Balaban J connectivity index is 2.07. The first-order valence-corrected chi connectivity index (χ1v) is 8.22. The first-order valence-electron chi connectivity index (χ1n) is 8.22. The lowest BCUT2D eigenvalue weighted by Gasteiger charge is -2.31. The van der Waals surface area contributed by atoms with E-state index in [0.717, 1.165) is 25.9 Å². The van der Waals surface area contributed by atoms with Gasteiger partial charge in [0, 0.05) is 37.8 Å². The second-order valence-electron chi connectivity index (χ2n) is 6.52. The molecular weight excluding hydrogens is 313 g/mol. The van der Waals surface area contributed by atoms with Gasteiger partial charge in [0.05, 0.1) is 16.6 Å². The predicted octanol–water partition coefficient (Wildman–Crippen LogP) is 0.0690. The molecule has 2 aromatic rings. The highest BCUT2D eigenvalue weighted by molar-refractivity contribution is 5.87. The molecule has 0 atom stereocenters. The van der Waals surface area contributed by atoms with E-state index in [-0.39, 0.29) is 11.4 Å². The molecule has 8 heteroatoms. The smallest absolute Gasteiger partial charge is 0.350 e. The van der Waals surface area contributed by atoms with Gasteiger partial charge in [0.2, 0.25) is 0 Å². The predicted molar refractivity (Wildman–Crippen MR) is 90.7 cm³/mol. The van der Waals surface area contributed by atoms with Crippen molar-refractivity contribution in [1.82, 2.24) is 14.6 Å². The van der Waals surface area contributed by atoms with Crippen LogP contribution in [0.4, 0.5) is 10.1 Å². The number of aromatic nitrogens is 2. The number of nitrogen functional groups attached to an aromatic ring is 1. The Morgan fingerprint density at radius 1 is 1.25 bits per heavy atom. The van der Waals surface area contributed by atoms with Crippen molar-refractivity contribution >= 4 is 16.6 Å². The largest absolute Gasteiger partial charge is 0.366 e. The molecule has 2 aliphatic rings. The summed E-state index contributed by atoms with van der Waals surface area (Å²) < 4.78 is 16.9.